The molecule has 5 nitrogen and oxygen atoms in total. The Morgan fingerprint density at radius 3 is 2.79 bits per heavy atom. The molecule has 0 unspecified atom stereocenters. The molecular formula is C14H17N3O2. The van der Waals surface area contributed by atoms with Crippen LogP contribution in [-0.4, -0.2) is 18.0 Å². The van der Waals surface area contributed by atoms with E-state index in [0.29, 0.717) is 11.6 Å². The molecule has 1 fully saturated rings. The van der Waals surface area contributed by atoms with Gasteiger partial charge < -0.3 is 4.90 Å². The molecule has 0 aromatic heterocycles. The van der Waals surface area contributed by atoms with Gasteiger partial charge in [-0.3, -0.25) is 10.1 Å². The maximum Gasteiger partial charge on any atom is 0.310 e. The van der Waals surface area contributed by atoms with Crippen molar-refractivity contribution in [2.45, 2.75) is 26.2 Å². The van der Waals surface area contributed by atoms with Gasteiger partial charge >= 0.3 is 5.69 Å². The third-order valence-electron chi connectivity index (χ3n) is 3.33. The first kappa shape index (κ1) is 13.3. The first-order valence-corrected chi connectivity index (χ1v) is 6.59. The average molecular weight is 259 g/mol. The fraction of sp³-hybridized carbons (Fsp3) is 0.500. The Balaban J connectivity index is 2.39. The SMILES string of the molecule is CCCN(CC1CC1)c1cccc(C#N)c1[N+](=O)[O-]. The van der Waals surface area contributed by atoms with Crippen LogP contribution in [0.4, 0.5) is 11.4 Å². The van der Waals surface area contributed by atoms with E-state index in [1.807, 2.05) is 6.07 Å². The number of rotatable bonds is 6. The molecule has 0 bridgehead atoms. The van der Waals surface area contributed by atoms with Crippen LogP contribution in [0.2, 0.25) is 0 Å². The summed E-state index contributed by atoms with van der Waals surface area (Å²) in [5, 5.41) is 20.3. The molecule has 1 saturated carbocycles. The van der Waals surface area contributed by atoms with E-state index in [-0.39, 0.29) is 11.3 Å². The van der Waals surface area contributed by atoms with Crippen molar-refractivity contribution in [2.75, 3.05) is 18.0 Å². The highest BCUT2D eigenvalue weighted by Gasteiger charge is 2.28. The summed E-state index contributed by atoms with van der Waals surface area (Å²) in [6.45, 7) is 3.69. The van der Waals surface area contributed by atoms with Crippen LogP contribution in [0.25, 0.3) is 0 Å². The standard InChI is InChI=1S/C14H17N3O2/c1-2-8-16(10-11-6-7-11)13-5-3-4-12(9-15)14(13)17(18)19/h3-5,11H,2,6-8,10H2,1H3. The summed E-state index contributed by atoms with van der Waals surface area (Å²) >= 11 is 0. The van der Waals surface area contributed by atoms with Crippen molar-refractivity contribution >= 4 is 11.4 Å². The van der Waals surface area contributed by atoms with Gasteiger partial charge in [0.1, 0.15) is 17.3 Å². The Kier molecular flexibility index (Phi) is 4.00. The largest absolute Gasteiger partial charge is 0.366 e. The lowest BCUT2D eigenvalue weighted by molar-refractivity contribution is -0.384. The molecule has 100 valence electrons. The van der Waals surface area contributed by atoms with E-state index in [2.05, 4.69) is 11.8 Å². The van der Waals surface area contributed by atoms with Crippen LogP contribution in [0.3, 0.4) is 0 Å². The van der Waals surface area contributed by atoms with Gasteiger partial charge in [0.05, 0.1) is 4.92 Å². The van der Waals surface area contributed by atoms with Crippen molar-refractivity contribution in [3.8, 4) is 6.07 Å². The van der Waals surface area contributed by atoms with Gasteiger partial charge in [-0.25, -0.2) is 0 Å². The van der Waals surface area contributed by atoms with Crippen molar-refractivity contribution in [3.63, 3.8) is 0 Å². The average Bonchev–Trinajstić information content (AvgIpc) is 3.21. The van der Waals surface area contributed by atoms with Crippen LogP contribution in [0.15, 0.2) is 18.2 Å². The third kappa shape index (κ3) is 3.02. The van der Waals surface area contributed by atoms with Crippen molar-refractivity contribution < 1.29 is 4.92 Å². The molecular weight excluding hydrogens is 242 g/mol. The number of nitrogens with zero attached hydrogens (tertiary/aromatic N) is 3. The normalized spacial score (nSPS) is 13.9. The fourth-order valence-electron chi connectivity index (χ4n) is 2.26. The zero-order valence-corrected chi connectivity index (χ0v) is 11.0. The molecule has 0 saturated heterocycles. The molecule has 0 atom stereocenters. The van der Waals surface area contributed by atoms with Gasteiger partial charge in [-0.15, -0.1) is 0 Å². The van der Waals surface area contributed by atoms with Gasteiger partial charge in [0.25, 0.3) is 0 Å². The first-order valence-electron chi connectivity index (χ1n) is 6.59. The van der Waals surface area contributed by atoms with Gasteiger partial charge in [-0.2, -0.15) is 5.26 Å². The highest BCUT2D eigenvalue weighted by atomic mass is 16.6. The van der Waals surface area contributed by atoms with Crippen LogP contribution in [-0.2, 0) is 0 Å². The van der Waals surface area contributed by atoms with Crippen LogP contribution in [0.1, 0.15) is 31.7 Å². The van der Waals surface area contributed by atoms with Crippen molar-refractivity contribution in [3.05, 3.63) is 33.9 Å². The summed E-state index contributed by atoms with van der Waals surface area (Å²) in [6.07, 6.45) is 3.33. The minimum Gasteiger partial charge on any atom is -0.366 e. The van der Waals surface area contributed by atoms with E-state index in [9.17, 15) is 10.1 Å². The van der Waals surface area contributed by atoms with Crippen molar-refractivity contribution in [1.82, 2.24) is 0 Å². The summed E-state index contributed by atoms with van der Waals surface area (Å²) in [5.41, 5.74) is 0.663. The molecule has 0 spiro atoms. The number of para-hydroxylation sites is 1. The van der Waals surface area contributed by atoms with Crippen LogP contribution < -0.4 is 4.90 Å². The summed E-state index contributed by atoms with van der Waals surface area (Å²) in [4.78, 5) is 12.9. The Hall–Kier alpha value is -2.09. The molecule has 5 heteroatoms. The zero-order chi connectivity index (χ0) is 13.8. The van der Waals surface area contributed by atoms with Crippen molar-refractivity contribution in [1.29, 1.82) is 5.26 Å². The van der Waals surface area contributed by atoms with Gasteiger partial charge in [0, 0.05) is 13.1 Å². The number of hydrogen-bond donors (Lipinski definition) is 0. The molecule has 2 rings (SSSR count). The number of hydrogen-bond acceptors (Lipinski definition) is 4. The lowest BCUT2D eigenvalue weighted by Crippen LogP contribution is -2.27. The van der Waals surface area contributed by atoms with E-state index in [1.165, 1.54) is 18.9 Å². The van der Waals surface area contributed by atoms with Crippen LogP contribution >= 0.6 is 0 Å². The second-order valence-corrected chi connectivity index (χ2v) is 4.93. The van der Waals surface area contributed by atoms with E-state index in [1.54, 1.807) is 12.1 Å². The second kappa shape index (κ2) is 5.70. The number of anilines is 1. The summed E-state index contributed by atoms with van der Waals surface area (Å²) in [7, 11) is 0. The van der Waals surface area contributed by atoms with E-state index in [4.69, 9.17) is 5.26 Å². The lowest BCUT2D eigenvalue weighted by Gasteiger charge is -2.24. The van der Waals surface area contributed by atoms with E-state index < -0.39 is 4.92 Å². The molecule has 1 aliphatic carbocycles. The predicted octanol–water partition coefficient (Wildman–Crippen LogP) is 3.09. The Bertz CT molecular complexity index is 518. The number of nitro benzene ring substituents is 1. The van der Waals surface area contributed by atoms with E-state index in [0.717, 1.165) is 19.5 Å². The molecule has 1 aliphatic rings. The second-order valence-electron chi connectivity index (χ2n) is 4.93. The topological polar surface area (TPSA) is 70.2 Å². The monoisotopic (exact) mass is 259 g/mol. The molecule has 0 N–H and O–H groups in total. The Morgan fingerprint density at radius 2 is 2.26 bits per heavy atom. The summed E-state index contributed by atoms with van der Waals surface area (Å²) < 4.78 is 0. The number of benzene rings is 1. The molecule has 0 radical (unpaired) electrons. The maximum absolute atomic E-state index is 11.2. The maximum atomic E-state index is 11.2. The highest BCUT2D eigenvalue weighted by Crippen LogP contribution is 2.36. The Morgan fingerprint density at radius 1 is 1.53 bits per heavy atom. The number of nitro groups is 1. The first-order chi connectivity index (χ1) is 9.17. The third-order valence-corrected chi connectivity index (χ3v) is 3.33. The van der Waals surface area contributed by atoms with Gasteiger partial charge in [-0.1, -0.05) is 13.0 Å². The quantitative estimate of drug-likeness (QED) is 0.581. The highest BCUT2D eigenvalue weighted by molar-refractivity contribution is 5.69. The summed E-state index contributed by atoms with van der Waals surface area (Å²) in [6, 6.07) is 6.88. The summed E-state index contributed by atoms with van der Waals surface area (Å²) in [5.74, 6) is 0.650. The minimum atomic E-state index is -0.441. The molecule has 1 aromatic rings. The zero-order valence-electron chi connectivity index (χ0n) is 11.0. The van der Waals surface area contributed by atoms with Gasteiger partial charge in [0.15, 0.2) is 0 Å². The predicted molar refractivity (Wildman–Crippen MR) is 73.0 cm³/mol. The fourth-order valence-corrected chi connectivity index (χ4v) is 2.26. The van der Waals surface area contributed by atoms with Crippen LogP contribution in [0, 0.1) is 27.4 Å². The minimum absolute atomic E-state index is 0.0564. The van der Waals surface area contributed by atoms with Gasteiger partial charge in [0.2, 0.25) is 0 Å². The van der Waals surface area contributed by atoms with Gasteiger partial charge in [-0.05, 0) is 37.3 Å². The molecule has 0 amide bonds. The van der Waals surface area contributed by atoms with Crippen molar-refractivity contribution in [2.24, 2.45) is 5.92 Å². The molecule has 19 heavy (non-hydrogen) atoms. The molecule has 0 heterocycles. The van der Waals surface area contributed by atoms with Crippen LogP contribution in [0.5, 0.6) is 0 Å². The molecule has 0 aliphatic heterocycles. The van der Waals surface area contributed by atoms with E-state index >= 15 is 0 Å². The Labute approximate surface area is 112 Å². The number of nitriles is 1. The lowest BCUT2D eigenvalue weighted by atomic mass is 10.1. The smallest absolute Gasteiger partial charge is 0.310 e. The molecule has 1 aromatic carbocycles.